The number of nitrogens with zero attached hydrogens (tertiary/aromatic N) is 5. The Balaban J connectivity index is 1.33. The number of hydrogen-bond donors (Lipinski definition) is 2. The van der Waals surface area contributed by atoms with Crippen LogP contribution in [0.1, 0.15) is 58.7 Å². The highest BCUT2D eigenvalue weighted by Gasteiger charge is 2.26. The zero-order valence-electron chi connectivity index (χ0n) is 23.2. The molecule has 1 aliphatic heterocycles. The number of benzene rings is 1. The molecule has 0 radical (unpaired) electrons. The maximum absolute atomic E-state index is 14.1. The van der Waals surface area contributed by atoms with Gasteiger partial charge < -0.3 is 25.0 Å². The highest BCUT2D eigenvalue weighted by atomic mass is 19.3. The van der Waals surface area contributed by atoms with Crippen LogP contribution in [0, 0.1) is 5.92 Å². The van der Waals surface area contributed by atoms with Crippen molar-refractivity contribution < 1.29 is 23.0 Å². The van der Waals surface area contributed by atoms with Crippen molar-refractivity contribution in [3.8, 4) is 5.82 Å². The maximum atomic E-state index is 14.1. The summed E-state index contributed by atoms with van der Waals surface area (Å²) in [6, 6.07) is 8.88. The number of alkyl halides is 2. The number of imidazole rings is 1. The summed E-state index contributed by atoms with van der Waals surface area (Å²) in [7, 11) is 0. The van der Waals surface area contributed by atoms with Crippen LogP contribution in [0.15, 0.2) is 30.3 Å². The summed E-state index contributed by atoms with van der Waals surface area (Å²) >= 11 is 0. The van der Waals surface area contributed by atoms with Crippen molar-refractivity contribution in [2.75, 3.05) is 43.1 Å². The molecule has 0 bridgehead atoms. The van der Waals surface area contributed by atoms with Crippen LogP contribution in [0.25, 0.3) is 16.9 Å². The topological polar surface area (TPSA) is 106 Å². The number of anilines is 2. The van der Waals surface area contributed by atoms with Gasteiger partial charge in [-0.3, -0.25) is 4.57 Å². The third-order valence-corrected chi connectivity index (χ3v) is 7.16. The van der Waals surface area contributed by atoms with Gasteiger partial charge in [0.25, 0.3) is 6.43 Å². The minimum absolute atomic E-state index is 0.0842. The number of morpholine rings is 1. The van der Waals surface area contributed by atoms with Crippen molar-refractivity contribution in [1.29, 1.82) is 0 Å². The van der Waals surface area contributed by atoms with Crippen molar-refractivity contribution in [3.63, 3.8) is 0 Å². The number of amides is 1. The molecule has 1 saturated heterocycles. The first kappa shape index (κ1) is 28.0. The molecule has 2 aliphatic rings. The standard InChI is InChI=1S/C28H37F2N7O3/c1-28(2,3)40-27(38)32-19-10-8-18(9-11-19)17-31-26-34-22(36-12-14-39-15-13-36)16-23(35-26)37-21-7-5-4-6-20(21)33-25(37)24(29)30/h4-7,16,18-19,24H,8-15,17H2,1-3H3,(H,32,38)(H,31,34,35). The van der Waals surface area contributed by atoms with E-state index in [-0.39, 0.29) is 18.0 Å². The Labute approximate surface area is 232 Å². The first-order valence-electron chi connectivity index (χ1n) is 13.9. The van der Waals surface area contributed by atoms with E-state index >= 15 is 0 Å². The molecule has 3 heterocycles. The van der Waals surface area contributed by atoms with Crippen molar-refractivity contribution in [2.24, 2.45) is 5.92 Å². The zero-order chi connectivity index (χ0) is 28.3. The van der Waals surface area contributed by atoms with Crippen molar-refractivity contribution in [3.05, 3.63) is 36.2 Å². The lowest BCUT2D eigenvalue weighted by Crippen LogP contribution is -2.41. The van der Waals surface area contributed by atoms with Crippen LogP contribution in [0.3, 0.4) is 0 Å². The second kappa shape index (κ2) is 11.9. The molecule has 5 rings (SSSR count). The first-order valence-corrected chi connectivity index (χ1v) is 13.9. The Kier molecular flexibility index (Phi) is 8.34. The maximum Gasteiger partial charge on any atom is 0.407 e. The Morgan fingerprint density at radius 1 is 1.07 bits per heavy atom. The van der Waals surface area contributed by atoms with E-state index in [1.807, 2.05) is 20.8 Å². The van der Waals surface area contributed by atoms with Gasteiger partial charge in [-0.25, -0.2) is 18.6 Å². The molecule has 1 amide bonds. The second-order valence-electron chi connectivity index (χ2n) is 11.3. The number of carbonyl (C=O) groups is 1. The number of aromatic nitrogens is 4. The summed E-state index contributed by atoms with van der Waals surface area (Å²) in [6.07, 6.45) is 0.394. The minimum Gasteiger partial charge on any atom is -0.444 e. The number of rotatable bonds is 7. The summed E-state index contributed by atoms with van der Waals surface area (Å²) in [6.45, 7) is 8.62. The summed E-state index contributed by atoms with van der Waals surface area (Å²) in [4.78, 5) is 27.8. The lowest BCUT2D eigenvalue weighted by Gasteiger charge is -2.30. The van der Waals surface area contributed by atoms with E-state index in [1.165, 1.54) is 4.57 Å². The average molecular weight is 558 g/mol. The van der Waals surface area contributed by atoms with E-state index in [4.69, 9.17) is 14.5 Å². The Hall–Kier alpha value is -3.54. The number of para-hydroxylation sites is 2. The largest absolute Gasteiger partial charge is 0.444 e. The highest BCUT2D eigenvalue weighted by Crippen LogP contribution is 2.30. The molecule has 216 valence electrons. The van der Waals surface area contributed by atoms with Gasteiger partial charge in [-0.2, -0.15) is 9.97 Å². The molecule has 1 saturated carbocycles. The average Bonchev–Trinajstić information content (AvgIpc) is 3.32. The molecule has 2 fully saturated rings. The number of alkyl carbamates (subject to hydrolysis) is 1. The van der Waals surface area contributed by atoms with Crippen LogP contribution >= 0.6 is 0 Å². The molecule has 40 heavy (non-hydrogen) atoms. The third-order valence-electron chi connectivity index (χ3n) is 7.16. The fraction of sp³-hybridized carbons (Fsp3) is 0.571. The van der Waals surface area contributed by atoms with Crippen molar-refractivity contribution in [2.45, 2.75) is 64.5 Å². The van der Waals surface area contributed by atoms with Crippen LogP contribution in [0.2, 0.25) is 0 Å². The molecule has 2 N–H and O–H groups in total. The SMILES string of the molecule is CC(C)(C)OC(=O)NC1CCC(CNc2nc(N3CCOCC3)cc(-n3c(C(F)F)nc4ccccc43)n2)CC1. The number of nitrogens with one attached hydrogen (secondary N) is 2. The number of carbonyl (C=O) groups excluding carboxylic acids is 1. The third kappa shape index (κ3) is 6.78. The van der Waals surface area contributed by atoms with Crippen LogP contribution in [-0.2, 0) is 9.47 Å². The van der Waals surface area contributed by atoms with Gasteiger partial charge in [0.15, 0.2) is 5.82 Å². The van der Waals surface area contributed by atoms with E-state index in [1.54, 1.807) is 30.3 Å². The van der Waals surface area contributed by atoms with E-state index in [0.717, 1.165) is 25.7 Å². The van der Waals surface area contributed by atoms with Crippen LogP contribution in [0.5, 0.6) is 0 Å². The molecule has 1 aliphatic carbocycles. The first-order chi connectivity index (χ1) is 19.2. The number of ether oxygens (including phenoxy) is 2. The molecule has 12 heteroatoms. The number of hydrogen-bond acceptors (Lipinski definition) is 8. The smallest absolute Gasteiger partial charge is 0.407 e. The monoisotopic (exact) mass is 557 g/mol. The van der Waals surface area contributed by atoms with Gasteiger partial charge in [-0.05, 0) is 64.5 Å². The van der Waals surface area contributed by atoms with Crippen LogP contribution in [-0.4, -0.2) is 70.1 Å². The molecule has 10 nitrogen and oxygen atoms in total. The lowest BCUT2D eigenvalue weighted by molar-refractivity contribution is 0.0488. The molecule has 3 aromatic rings. The molecular formula is C28H37F2N7O3. The lowest BCUT2D eigenvalue weighted by atomic mass is 9.86. The van der Waals surface area contributed by atoms with Gasteiger partial charge in [0.1, 0.15) is 17.2 Å². The fourth-order valence-electron chi connectivity index (χ4n) is 5.22. The number of fused-ring (bicyclic) bond motifs is 1. The molecule has 0 atom stereocenters. The summed E-state index contributed by atoms with van der Waals surface area (Å²) < 4.78 is 40.5. The second-order valence-corrected chi connectivity index (χ2v) is 11.3. The van der Waals surface area contributed by atoms with Crippen molar-refractivity contribution >= 4 is 28.9 Å². The van der Waals surface area contributed by atoms with Crippen LogP contribution < -0.4 is 15.5 Å². The summed E-state index contributed by atoms with van der Waals surface area (Å²) in [5, 5.41) is 6.34. The van der Waals surface area contributed by atoms with Gasteiger partial charge in [-0.15, -0.1) is 0 Å². The minimum atomic E-state index is -2.77. The van der Waals surface area contributed by atoms with Gasteiger partial charge in [-0.1, -0.05) is 12.1 Å². The molecule has 0 spiro atoms. The highest BCUT2D eigenvalue weighted by molar-refractivity contribution is 5.78. The predicted molar refractivity (Wildman–Crippen MR) is 148 cm³/mol. The molecule has 1 aromatic carbocycles. The quantitative estimate of drug-likeness (QED) is 0.414. The predicted octanol–water partition coefficient (Wildman–Crippen LogP) is 5.09. The van der Waals surface area contributed by atoms with Gasteiger partial charge >= 0.3 is 6.09 Å². The Bertz CT molecular complexity index is 1310. The van der Waals surface area contributed by atoms with Crippen LogP contribution in [0.4, 0.5) is 25.3 Å². The van der Waals surface area contributed by atoms with Crippen molar-refractivity contribution in [1.82, 2.24) is 24.8 Å². The van der Waals surface area contributed by atoms with Gasteiger partial charge in [0, 0.05) is 31.7 Å². The van der Waals surface area contributed by atoms with Gasteiger partial charge in [0.2, 0.25) is 5.95 Å². The number of halogens is 2. The Morgan fingerprint density at radius 2 is 1.77 bits per heavy atom. The van der Waals surface area contributed by atoms with E-state index in [2.05, 4.69) is 25.5 Å². The Morgan fingerprint density at radius 3 is 2.48 bits per heavy atom. The molecular weight excluding hydrogens is 520 g/mol. The zero-order valence-corrected chi connectivity index (χ0v) is 23.2. The van der Waals surface area contributed by atoms with Gasteiger partial charge in [0.05, 0.1) is 24.2 Å². The van der Waals surface area contributed by atoms with E-state index in [0.29, 0.717) is 67.4 Å². The van der Waals surface area contributed by atoms with E-state index in [9.17, 15) is 13.6 Å². The fourth-order valence-corrected chi connectivity index (χ4v) is 5.22. The van der Waals surface area contributed by atoms with E-state index < -0.39 is 12.0 Å². The molecule has 2 aromatic heterocycles. The normalized spacial score (nSPS) is 20.1. The summed E-state index contributed by atoms with van der Waals surface area (Å²) in [5.74, 6) is 1.38. The molecule has 0 unspecified atom stereocenters. The summed E-state index contributed by atoms with van der Waals surface area (Å²) in [5.41, 5.74) is 0.514.